The van der Waals surface area contributed by atoms with Gasteiger partial charge in [0, 0.05) is 32.0 Å². The largest absolute Gasteiger partial charge is 0.481 e. The zero-order valence-electron chi connectivity index (χ0n) is 9.27. The summed E-state index contributed by atoms with van der Waals surface area (Å²) in [6.45, 7) is 1.97. The molecule has 0 radical (unpaired) electrons. The maximum absolute atomic E-state index is 11.5. The molecule has 1 saturated heterocycles. The third-order valence-corrected chi connectivity index (χ3v) is 2.55. The number of carbonyl (C=O) groups is 2. The molecule has 0 atom stereocenters. The number of likely N-dealkylation sites (tertiary alicyclic amines) is 1. The van der Waals surface area contributed by atoms with Crippen LogP contribution in [0.4, 0.5) is 0 Å². The Morgan fingerprint density at radius 2 is 2.00 bits per heavy atom. The summed E-state index contributed by atoms with van der Waals surface area (Å²) >= 11 is 0. The van der Waals surface area contributed by atoms with Crippen LogP contribution in [0.5, 0.6) is 0 Å². The standard InChI is InChI=1S/C10H18N2O3/c1-11(2)4-3-9(13)12-6-8(7-12)5-10(14)15/h8H,3-7H2,1-2H3,(H,14,15). The maximum Gasteiger partial charge on any atom is 0.303 e. The Balaban J connectivity index is 2.15. The van der Waals surface area contributed by atoms with E-state index in [1.165, 1.54) is 0 Å². The van der Waals surface area contributed by atoms with Crippen molar-refractivity contribution in [3.8, 4) is 0 Å². The van der Waals surface area contributed by atoms with Crippen molar-refractivity contribution in [2.45, 2.75) is 12.8 Å². The van der Waals surface area contributed by atoms with Crippen LogP contribution in [-0.4, -0.2) is 60.5 Å². The first kappa shape index (κ1) is 12.0. The summed E-state index contributed by atoms with van der Waals surface area (Å²) in [7, 11) is 3.85. The van der Waals surface area contributed by atoms with E-state index in [-0.39, 0.29) is 18.2 Å². The number of hydrogen-bond acceptors (Lipinski definition) is 3. The molecule has 0 spiro atoms. The molecule has 0 aromatic carbocycles. The Labute approximate surface area is 89.7 Å². The highest BCUT2D eigenvalue weighted by molar-refractivity contribution is 5.77. The van der Waals surface area contributed by atoms with E-state index < -0.39 is 5.97 Å². The van der Waals surface area contributed by atoms with Gasteiger partial charge in [-0.25, -0.2) is 0 Å². The molecule has 0 saturated carbocycles. The highest BCUT2D eigenvalue weighted by Gasteiger charge is 2.31. The number of amides is 1. The lowest BCUT2D eigenvalue weighted by Crippen LogP contribution is -2.51. The predicted octanol–water partition coefficient (Wildman–Crippen LogP) is -0.129. The molecule has 1 aliphatic heterocycles. The van der Waals surface area contributed by atoms with Gasteiger partial charge in [-0.15, -0.1) is 0 Å². The first-order chi connectivity index (χ1) is 6.99. The van der Waals surface area contributed by atoms with Crippen LogP contribution in [0.3, 0.4) is 0 Å². The van der Waals surface area contributed by atoms with Crippen molar-refractivity contribution >= 4 is 11.9 Å². The predicted molar refractivity (Wildman–Crippen MR) is 55.5 cm³/mol. The van der Waals surface area contributed by atoms with Crippen LogP contribution in [0.1, 0.15) is 12.8 Å². The quantitative estimate of drug-likeness (QED) is 0.692. The van der Waals surface area contributed by atoms with E-state index in [0.29, 0.717) is 19.5 Å². The number of aliphatic carboxylic acids is 1. The summed E-state index contributed by atoms with van der Waals surface area (Å²) in [6, 6.07) is 0. The van der Waals surface area contributed by atoms with E-state index in [1.807, 2.05) is 19.0 Å². The van der Waals surface area contributed by atoms with E-state index in [9.17, 15) is 9.59 Å². The van der Waals surface area contributed by atoms with Crippen molar-refractivity contribution in [2.75, 3.05) is 33.7 Å². The van der Waals surface area contributed by atoms with Crippen molar-refractivity contribution in [3.63, 3.8) is 0 Å². The Morgan fingerprint density at radius 3 is 2.47 bits per heavy atom. The van der Waals surface area contributed by atoms with Crippen LogP contribution in [0, 0.1) is 5.92 Å². The van der Waals surface area contributed by atoms with Crippen molar-refractivity contribution in [1.29, 1.82) is 0 Å². The minimum atomic E-state index is -0.777. The van der Waals surface area contributed by atoms with E-state index in [2.05, 4.69) is 0 Å². The third-order valence-electron chi connectivity index (χ3n) is 2.55. The summed E-state index contributed by atoms with van der Waals surface area (Å²) < 4.78 is 0. The van der Waals surface area contributed by atoms with Gasteiger partial charge >= 0.3 is 5.97 Å². The molecule has 0 unspecified atom stereocenters. The van der Waals surface area contributed by atoms with Gasteiger partial charge in [0.25, 0.3) is 0 Å². The van der Waals surface area contributed by atoms with Crippen LogP contribution in [0.2, 0.25) is 0 Å². The van der Waals surface area contributed by atoms with Gasteiger partial charge in [0.05, 0.1) is 6.42 Å². The second-order valence-electron chi connectivity index (χ2n) is 4.32. The first-order valence-electron chi connectivity index (χ1n) is 5.13. The van der Waals surface area contributed by atoms with Crippen molar-refractivity contribution < 1.29 is 14.7 Å². The zero-order chi connectivity index (χ0) is 11.4. The SMILES string of the molecule is CN(C)CCC(=O)N1CC(CC(=O)O)C1. The lowest BCUT2D eigenvalue weighted by atomic mass is 9.96. The lowest BCUT2D eigenvalue weighted by Gasteiger charge is -2.38. The molecule has 1 rings (SSSR count). The molecule has 5 heteroatoms. The molecule has 0 aromatic heterocycles. The van der Waals surface area contributed by atoms with Gasteiger partial charge in [-0.3, -0.25) is 9.59 Å². The highest BCUT2D eigenvalue weighted by atomic mass is 16.4. The van der Waals surface area contributed by atoms with Crippen LogP contribution in [0.15, 0.2) is 0 Å². The molecule has 1 aliphatic rings. The molecular formula is C10H18N2O3. The van der Waals surface area contributed by atoms with Crippen LogP contribution in [0.25, 0.3) is 0 Å². The Bertz CT molecular complexity index is 247. The number of carboxylic acid groups (broad SMARTS) is 1. The van der Waals surface area contributed by atoms with Gasteiger partial charge in [0.15, 0.2) is 0 Å². The van der Waals surface area contributed by atoms with Gasteiger partial charge in [-0.2, -0.15) is 0 Å². The Kier molecular flexibility index (Phi) is 4.08. The normalized spacial score (nSPS) is 16.6. The lowest BCUT2D eigenvalue weighted by molar-refractivity contribution is -0.145. The first-order valence-corrected chi connectivity index (χ1v) is 5.13. The van der Waals surface area contributed by atoms with Gasteiger partial charge in [0.2, 0.25) is 5.91 Å². The molecule has 1 amide bonds. The van der Waals surface area contributed by atoms with Gasteiger partial charge in [0.1, 0.15) is 0 Å². The number of carboxylic acids is 1. The fourth-order valence-corrected chi connectivity index (χ4v) is 1.63. The van der Waals surface area contributed by atoms with Gasteiger partial charge in [-0.05, 0) is 14.1 Å². The summed E-state index contributed by atoms with van der Waals surface area (Å²) in [4.78, 5) is 25.6. The summed E-state index contributed by atoms with van der Waals surface area (Å²) in [5.41, 5.74) is 0. The molecule has 5 nitrogen and oxygen atoms in total. The van der Waals surface area contributed by atoms with E-state index in [4.69, 9.17) is 5.11 Å². The molecular weight excluding hydrogens is 196 g/mol. The maximum atomic E-state index is 11.5. The monoisotopic (exact) mass is 214 g/mol. The van der Waals surface area contributed by atoms with Crippen molar-refractivity contribution in [1.82, 2.24) is 9.80 Å². The average Bonchev–Trinajstić information content (AvgIpc) is 2.06. The number of nitrogens with zero attached hydrogens (tertiary/aromatic N) is 2. The summed E-state index contributed by atoms with van der Waals surface area (Å²) in [5.74, 6) is -0.489. The summed E-state index contributed by atoms with van der Waals surface area (Å²) in [5, 5.41) is 8.54. The second kappa shape index (κ2) is 5.11. The fourth-order valence-electron chi connectivity index (χ4n) is 1.63. The molecule has 1 fully saturated rings. The van der Waals surface area contributed by atoms with E-state index in [1.54, 1.807) is 4.90 Å². The molecule has 0 bridgehead atoms. The minimum Gasteiger partial charge on any atom is -0.481 e. The zero-order valence-corrected chi connectivity index (χ0v) is 9.27. The van der Waals surface area contributed by atoms with E-state index in [0.717, 1.165) is 6.54 Å². The number of carbonyl (C=O) groups excluding carboxylic acids is 1. The molecule has 0 aliphatic carbocycles. The van der Waals surface area contributed by atoms with Gasteiger partial charge < -0.3 is 14.9 Å². The van der Waals surface area contributed by atoms with Crippen LogP contribution < -0.4 is 0 Å². The van der Waals surface area contributed by atoms with Gasteiger partial charge in [-0.1, -0.05) is 0 Å². The topological polar surface area (TPSA) is 60.9 Å². The van der Waals surface area contributed by atoms with Crippen LogP contribution >= 0.6 is 0 Å². The third kappa shape index (κ3) is 3.87. The number of rotatable bonds is 5. The molecule has 0 aromatic rings. The Hall–Kier alpha value is -1.10. The molecule has 86 valence electrons. The molecule has 15 heavy (non-hydrogen) atoms. The fraction of sp³-hybridized carbons (Fsp3) is 0.800. The molecule has 1 N–H and O–H groups in total. The number of hydrogen-bond donors (Lipinski definition) is 1. The van der Waals surface area contributed by atoms with Crippen molar-refractivity contribution in [2.24, 2.45) is 5.92 Å². The smallest absolute Gasteiger partial charge is 0.303 e. The average molecular weight is 214 g/mol. The summed E-state index contributed by atoms with van der Waals surface area (Å²) in [6.07, 6.45) is 0.699. The molecule has 1 heterocycles. The Morgan fingerprint density at radius 1 is 1.40 bits per heavy atom. The minimum absolute atomic E-state index is 0.130. The van der Waals surface area contributed by atoms with E-state index >= 15 is 0 Å². The highest BCUT2D eigenvalue weighted by Crippen LogP contribution is 2.19. The second-order valence-corrected chi connectivity index (χ2v) is 4.32. The van der Waals surface area contributed by atoms with Crippen LogP contribution in [-0.2, 0) is 9.59 Å². The van der Waals surface area contributed by atoms with Crippen molar-refractivity contribution in [3.05, 3.63) is 0 Å².